The highest BCUT2D eigenvalue weighted by molar-refractivity contribution is 7.86. The molecule has 2 aliphatic rings. The van der Waals surface area contributed by atoms with Crippen molar-refractivity contribution in [2.75, 3.05) is 19.6 Å². The van der Waals surface area contributed by atoms with Crippen LogP contribution in [0.4, 0.5) is 0 Å². The average molecular weight is 369 g/mol. The van der Waals surface area contributed by atoms with Gasteiger partial charge in [0.2, 0.25) is 0 Å². The van der Waals surface area contributed by atoms with E-state index in [1.165, 1.54) is 10.6 Å². The quantitative estimate of drug-likeness (QED) is 0.792. The monoisotopic (exact) mass is 368 g/mol. The number of rotatable bonds is 5. The topological polar surface area (TPSA) is 94.6 Å². The molecule has 0 amide bonds. The summed E-state index contributed by atoms with van der Waals surface area (Å²) in [5, 5.41) is 11.4. The predicted molar refractivity (Wildman–Crippen MR) is 101 cm³/mol. The summed E-state index contributed by atoms with van der Waals surface area (Å²) in [6.07, 6.45) is 1.52. The second-order valence-corrected chi connectivity index (χ2v) is 8.56. The molecule has 0 atom stereocenters. The van der Waals surface area contributed by atoms with E-state index in [1.807, 2.05) is 34.6 Å². The van der Waals surface area contributed by atoms with Crippen LogP contribution in [0.25, 0.3) is 0 Å². The van der Waals surface area contributed by atoms with Crippen molar-refractivity contribution in [2.45, 2.75) is 40.7 Å². The molecule has 0 aromatic rings. The zero-order valence-corrected chi connectivity index (χ0v) is 16.4. The number of nitrogens with two attached hydrogens (primary N) is 1. The van der Waals surface area contributed by atoms with E-state index in [0.29, 0.717) is 6.54 Å². The largest absolute Gasteiger partial charge is 0.354 e. The molecule has 0 saturated carbocycles. The summed E-state index contributed by atoms with van der Waals surface area (Å²) in [5.41, 5.74) is 2.84. The van der Waals surface area contributed by atoms with Gasteiger partial charge in [0.05, 0.1) is 0 Å². The fraction of sp³-hybridized carbons (Fsp3) is 0.625. The zero-order valence-electron chi connectivity index (χ0n) is 15.6. The van der Waals surface area contributed by atoms with Crippen molar-refractivity contribution >= 4 is 22.4 Å². The number of hydrogen-bond donors (Lipinski definition) is 1. The molecule has 1 saturated heterocycles. The number of allylic oxidation sites excluding steroid dienone is 2. The van der Waals surface area contributed by atoms with Crippen LogP contribution in [0.15, 0.2) is 33.6 Å². The second-order valence-electron chi connectivity index (χ2n) is 7.06. The Hall–Kier alpha value is -1.71. The third kappa shape index (κ3) is 4.28. The lowest BCUT2D eigenvalue weighted by Crippen LogP contribution is -2.57. The smallest absolute Gasteiger partial charge is 0.277 e. The van der Waals surface area contributed by atoms with Gasteiger partial charge in [0, 0.05) is 37.3 Å². The van der Waals surface area contributed by atoms with Crippen molar-refractivity contribution < 1.29 is 8.42 Å². The molecule has 0 aromatic carbocycles. The number of hydrogen-bond acceptors (Lipinski definition) is 6. The van der Waals surface area contributed by atoms with Crippen molar-refractivity contribution in [1.82, 2.24) is 14.2 Å². The number of nitrogens with zero attached hydrogens (tertiary/aromatic N) is 5. The van der Waals surface area contributed by atoms with Gasteiger partial charge >= 0.3 is 0 Å². The molecule has 2 rings (SSSR count). The standard InChI is InChI=1S/C16H28N6O2S/c1-11(2)15-16(18-10-19-22(15)13(5)6)20-7-14(8-20)9-21(12(3)4)25(17,23)24/h10,12,14H,5,7-9H2,1-4,6H3,(H2,17,23,24). The zero-order chi connectivity index (χ0) is 18.9. The van der Waals surface area contributed by atoms with Crippen molar-refractivity contribution in [3.8, 4) is 0 Å². The minimum atomic E-state index is -3.69. The number of amidine groups is 1. The first-order valence-corrected chi connectivity index (χ1v) is 9.81. The molecule has 9 heteroatoms. The van der Waals surface area contributed by atoms with Crippen LogP contribution < -0.4 is 5.14 Å². The third-order valence-corrected chi connectivity index (χ3v) is 5.43. The van der Waals surface area contributed by atoms with Crippen LogP contribution in [-0.2, 0) is 10.2 Å². The Balaban J connectivity index is 2.09. The number of likely N-dealkylation sites (tertiary alicyclic amines) is 1. The van der Waals surface area contributed by atoms with Crippen LogP contribution >= 0.6 is 0 Å². The second kappa shape index (κ2) is 7.27. The summed E-state index contributed by atoms with van der Waals surface area (Å²) >= 11 is 0. The van der Waals surface area contributed by atoms with Crippen LogP contribution in [0.2, 0.25) is 0 Å². The number of hydrazone groups is 1. The van der Waals surface area contributed by atoms with Gasteiger partial charge in [-0.25, -0.2) is 15.1 Å². The Bertz CT molecular complexity index is 728. The number of aliphatic imine (C=N–C) groups is 1. The van der Waals surface area contributed by atoms with Crippen molar-refractivity contribution in [3.05, 3.63) is 23.5 Å². The van der Waals surface area contributed by atoms with Gasteiger partial charge in [-0.2, -0.15) is 17.8 Å². The molecule has 140 valence electrons. The molecule has 0 bridgehead atoms. The van der Waals surface area contributed by atoms with Crippen LogP contribution in [0, 0.1) is 5.92 Å². The minimum absolute atomic E-state index is 0.157. The summed E-state index contributed by atoms with van der Waals surface area (Å²) in [6, 6.07) is -0.157. The molecule has 8 nitrogen and oxygen atoms in total. The molecule has 0 aliphatic carbocycles. The normalized spacial score (nSPS) is 18.7. The molecular formula is C16H28N6O2S. The maximum absolute atomic E-state index is 11.7. The van der Waals surface area contributed by atoms with Crippen LogP contribution in [0.3, 0.4) is 0 Å². The maximum atomic E-state index is 11.7. The van der Waals surface area contributed by atoms with Crippen molar-refractivity contribution in [1.29, 1.82) is 0 Å². The van der Waals surface area contributed by atoms with E-state index in [0.717, 1.165) is 35.9 Å². The van der Waals surface area contributed by atoms with Gasteiger partial charge in [0.1, 0.15) is 12.0 Å². The van der Waals surface area contributed by atoms with E-state index < -0.39 is 10.2 Å². The maximum Gasteiger partial charge on any atom is 0.277 e. The first-order chi connectivity index (χ1) is 11.5. The molecule has 25 heavy (non-hydrogen) atoms. The molecule has 0 radical (unpaired) electrons. The van der Waals surface area contributed by atoms with Gasteiger partial charge in [0.25, 0.3) is 10.2 Å². The molecule has 0 unspecified atom stereocenters. The highest BCUT2D eigenvalue weighted by Crippen LogP contribution is 2.27. The lowest BCUT2D eigenvalue weighted by atomic mass is 9.98. The van der Waals surface area contributed by atoms with Gasteiger partial charge in [0.15, 0.2) is 5.84 Å². The fourth-order valence-corrected chi connectivity index (χ4v) is 4.03. The summed E-state index contributed by atoms with van der Waals surface area (Å²) < 4.78 is 24.8. The lowest BCUT2D eigenvalue weighted by molar-refractivity contribution is 0.147. The van der Waals surface area contributed by atoms with Crippen molar-refractivity contribution in [3.63, 3.8) is 0 Å². The molecule has 2 heterocycles. The van der Waals surface area contributed by atoms with Gasteiger partial charge in [-0.3, -0.25) is 0 Å². The van der Waals surface area contributed by atoms with Crippen LogP contribution in [0.5, 0.6) is 0 Å². The van der Waals surface area contributed by atoms with E-state index in [2.05, 4.69) is 21.6 Å². The van der Waals surface area contributed by atoms with Crippen LogP contribution in [-0.4, -0.2) is 60.5 Å². The summed E-state index contributed by atoms with van der Waals surface area (Å²) in [7, 11) is -3.69. The average Bonchev–Trinajstić information content (AvgIpc) is 2.43. The Labute approximate surface area is 150 Å². The highest BCUT2D eigenvalue weighted by Gasteiger charge is 2.36. The van der Waals surface area contributed by atoms with E-state index >= 15 is 0 Å². The van der Waals surface area contributed by atoms with Gasteiger partial charge in [-0.1, -0.05) is 6.58 Å². The molecule has 1 fully saturated rings. The fourth-order valence-electron chi connectivity index (χ4n) is 3.02. The summed E-state index contributed by atoms with van der Waals surface area (Å²) in [6.45, 7) is 15.4. The summed E-state index contributed by atoms with van der Waals surface area (Å²) in [4.78, 5) is 6.57. The van der Waals surface area contributed by atoms with E-state index in [4.69, 9.17) is 5.14 Å². The minimum Gasteiger partial charge on any atom is -0.354 e. The van der Waals surface area contributed by atoms with E-state index in [9.17, 15) is 8.42 Å². The molecule has 2 N–H and O–H groups in total. The Kier molecular flexibility index (Phi) is 5.70. The first kappa shape index (κ1) is 19.6. The first-order valence-electron chi connectivity index (χ1n) is 8.30. The lowest BCUT2D eigenvalue weighted by Gasteiger charge is -2.45. The highest BCUT2D eigenvalue weighted by atomic mass is 32.2. The molecule has 0 aromatic heterocycles. The Morgan fingerprint density at radius 1 is 1.40 bits per heavy atom. The molecular weight excluding hydrogens is 340 g/mol. The van der Waals surface area contributed by atoms with E-state index in [1.54, 1.807) is 5.01 Å². The van der Waals surface area contributed by atoms with Crippen molar-refractivity contribution in [2.24, 2.45) is 21.2 Å². The molecule has 2 aliphatic heterocycles. The van der Waals surface area contributed by atoms with Crippen LogP contribution in [0.1, 0.15) is 34.6 Å². The predicted octanol–water partition coefficient (Wildman–Crippen LogP) is 1.32. The molecule has 0 spiro atoms. The Morgan fingerprint density at radius 2 is 2.00 bits per heavy atom. The van der Waals surface area contributed by atoms with Gasteiger partial charge in [-0.05, 0) is 40.2 Å². The van der Waals surface area contributed by atoms with Gasteiger partial charge < -0.3 is 4.90 Å². The SMILES string of the molecule is C=C(C)N1N=CN=C(N2CC(CN(C(C)C)S(N)(=O)=O)C2)C1=C(C)C. The Morgan fingerprint density at radius 3 is 2.44 bits per heavy atom. The van der Waals surface area contributed by atoms with Gasteiger partial charge in [-0.15, -0.1) is 0 Å². The van der Waals surface area contributed by atoms with E-state index in [-0.39, 0.29) is 12.0 Å². The third-order valence-electron chi connectivity index (χ3n) is 4.20. The summed E-state index contributed by atoms with van der Waals surface area (Å²) in [5.74, 6) is 1.07.